The highest BCUT2D eigenvalue weighted by atomic mass is 16.7. The van der Waals surface area contributed by atoms with Gasteiger partial charge in [-0.25, -0.2) is 0 Å². The summed E-state index contributed by atoms with van der Waals surface area (Å²) in [5.41, 5.74) is 0. The Hall–Kier alpha value is -0.340. The van der Waals surface area contributed by atoms with Crippen LogP contribution in [0, 0.1) is 5.92 Å². The third-order valence-corrected chi connectivity index (χ3v) is 1.70. The lowest BCUT2D eigenvalue weighted by atomic mass is 10.1. The van der Waals surface area contributed by atoms with Crippen molar-refractivity contribution >= 4 is 0 Å². The van der Waals surface area contributed by atoms with Crippen LogP contribution in [0.15, 0.2) is 12.7 Å². The summed E-state index contributed by atoms with van der Waals surface area (Å²) < 4.78 is 10.9. The van der Waals surface area contributed by atoms with Gasteiger partial charge in [0.2, 0.25) is 0 Å². The van der Waals surface area contributed by atoms with Crippen LogP contribution in [0.2, 0.25) is 0 Å². The predicted octanol–water partition coefficient (Wildman–Crippen LogP) is 1.96. The Kier molecular flexibility index (Phi) is 3.09. The largest absolute Gasteiger partial charge is 0.350 e. The lowest BCUT2D eigenvalue weighted by Crippen LogP contribution is -2.12. The van der Waals surface area contributed by atoms with Crippen molar-refractivity contribution in [3.05, 3.63) is 12.7 Å². The summed E-state index contributed by atoms with van der Waals surface area (Å²) in [6.45, 7) is 8.64. The number of rotatable bonds is 3. The molecule has 1 rings (SSSR count). The summed E-state index contributed by atoms with van der Waals surface area (Å²) in [4.78, 5) is 0. The third-order valence-electron chi connectivity index (χ3n) is 1.70. The fourth-order valence-electron chi connectivity index (χ4n) is 1.11. The molecule has 64 valence electrons. The first-order valence-corrected chi connectivity index (χ1v) is 4.12. The minimum absolute atomic E-state index is 0.00185. The molecule has 0 aromatic carbocycles. The summed E-state index contributed by atoms with van der Waals surface area (Å²) in [7, 11) is 0. The summed E-state index contributed by atoms with van der Waals surface area (Å²) in [5.74, 6) is 0.628. The molecule has 0 N–H and O–H groups in total. The van der Waals surface area contributed by atoms with Crippen molar-refractivity contribution in [2.75, 3.05) is 6.61 Å². The highest BCUT2D eigenvalue weighted by Crippen LogP contribution is 2.18. The first-order valence-electron chi connectivity index (χ1n) is 4.12. The molecule has 0 aliphatic carbocycles. The van der Waals surface area contributed by atoms with Crippen molar-refractivity contribution in [3.8, 4) is 0 Å². The molecule has 1 heterocycles. The van der Waals surface area contributed by atoms with Crippen molar-refractivity contribution in [2.24, 2.45) is 5.92 Å². The first-order chi connectivity index (χ1) is 5.22. The minimum Gasteiger partial charge on any atom is -0.350 e. The van der Waals surface area contributed by atoms with Crippen LogP contribution in [-0.2, 0) is 9.47 Å². The van der Waals surface area contributed by atoms with Crippen molar-refractivity contribution in [1.29, 1.82) is 0 Å². The molecule has 0 aromatic heterocycles. The normalized spacial score (nSPS) is 31.2. The van der Waals surface area contributed by atoms with E-state index in [4.69, 9.17) is 9.47 Å². The maximum Gasteiger partial charge on any atom is 0.158 e. The Morgan fingerprint density at radius 1 is 1.64 bits per heavy atom. The van der Waals surface area contributed by atoms with Gasteiger partial charge < -0.3 is 9.47 Å². The van der Waals surface area contributed by atoms with Crippen LogP contribution in [-0.4, -0.2) is 19.0 Å². The molecule has 2 nitrogen and oxygen atoms in total. The van der Waals surface area contributed by atoms with Crippen molar-refractivity contribution in [1.82, 2.24) is 0 Å². The van der Waals surface area contributed by atoms with Crippen LogP contribution in [0.4, 0.5) is 0 Å². The van der Waals surface area contributed by atoms with Crippen molar-refractivity contribution in [3.63, 3.8) is 0 Å². The van der Waals surface area contributed by atoms with E-state index in [1.807, 2.05) is 0 Å². The molecule has 0 aromatic rings. The molecule has 1 saturated heterocycles. The average molecular weight is 156 g/mol. The van der Waals surface area contributed by atoms with Gasteiger partial charge >= 0.3 is 0 Å². The average Bonchev–Trinajstić information content (AvgIpc) is 2.34. The van der Waals surface area contributed by atoms with E-state index in [2.05, 4.69) is 20.4 Å². The van der Waals surface area contributed by atoms with E-state index in [-0.39, 0.29) is 12.4 Å². The van der Waals surface area contributed by atoms with Crippen LogP contribution in [0.25, 0.3) is 0 Å². The van der Waals surface area contributed by atoms with Crippen LogP contribution in [0.3, 0.4) is 0 Å². The highest BCUT2D eigenvalue weighted by Gasteiger charge is 2.23. The Labute approximate surface area is 68.2 Å². The van der Waals surface area contributed by atoms with E-state index in [9.17, 15) is 0 Å². The molecule has 0 saturated carbocycles. The van der Waals surface area contributed by atoms with Gasteiger partial charge in [-0.15, -0.1) is 6.58 Å². The zero-order valence-electron chi connectivity index (χ0n) is 7.25. The second-order valence-corrected chi connectivity index (χ2v) is 3.30. The van der Waals surface area contributed by atoms with Gasteiger partial charge in [-0.2, -0.15) is 0 Å². The zero-order valence-corrected chi connectivity index (χ0v) is 7.25. The van der Waals surface area contributed by atoms with Gasteiger partial charge in [-0.05, 0) is 5.92 Å². The van der Waals surface area contributed by atoms with Crippen molar-refractivity contribution < 1.29 is 9.47 Å². The van der Waals surface area contributed by atoms with Gasteiger partial charge in [0, 0.05) is 6.42 Å². The molecule has 1 fully saturated rings. The van der Waals surface area contributed by atoms with Crippen molar-refractivity contribution in [2.45, 2.75) is 32.7 Å². The van der Waals surface area contributed by atoms with Gasteiger partial charge in [0.05, 0.1) is 6.61 Å². The van der Waals surface area contributed by atoms with Crippen LogP contribution < -0.4 is 0 Å². The quantitative estimate of drug-likeness (QED) is 0.581. The standard InChI is InChI=1S/C9H16O2/c1-4-8-6-10-9(11-8)5-7(2)3/h4,7-9H,1,5-6H2,2-3H3. The van der Waals surface area contributed by atoms with Gasteiger partial charge in [-0.1, -0.05) is 19.9 Å². The van der Waals surface area contributed by atoms with E-state index >= 15 is 0 Å². The maximum absolute atomic E-state index is 5.48. The van der Waals surface area contributed by atoms with Crippen LogP contribution in [0.1, 0.15) is 20.3 Å². The summed E-state index contributed by atoms with van der Waals surface area (Å²) >= 11 is 0. The molecule has 2 atom stereocenters. The molecule has 0 bridgehead atoms. The van der Waals surface area contributed by atoms with E-state index in [0.29, 0.717) is 12.5 Å². The van der Waals surface area contributed by atoms with Crippen LogP contribution >= 0.6 is 0 Å². The molecule has 1 aliphatic heterocycles. The molecule has 0 spiro atoms. The first kappa shape index (κ1) is 8.75. The Balaban J connectivity index is 2.24. The molecule has 11 heavy (non-hydrogen) atoms. The number of hydrogen-bond donors (Lipinski definition) is 0. The summed E-state index contributed by atoms with van der Waals surface area (Å²) in [6.07, 6.45) is 2.88. The third kappa shape index (κ3) is 2.64. The molecule has 1 aliphatic rings. The number of ether oxygens (including phenoxy) is 2. The summed E-state index contributed by atoms with van der Waals surface area (Å²) in [6, 6.07) is 0. The second kappa shape index (κ2) is 3.88. The number of hydrogen-bond acceptors (Lipinski definition) is 2. The minimum atomic E-state index is -0.00185. The smallest absolute Gasteiger partial charge is 0.158 e. The van der Waals surface area contributed by atoms with Gasteiger partial charge in [-0.3, -0.25) is 0 Å². The molecule has 2 heteroatoms. The van der Waals surface area contributed by atoms with E-state index < -0.39 is 0 Å². The monoisotopic (exact) mass is 156 g/mol. The highest BCUT2D eigenvalue weighted by molar-refractivity contribution is 4.83. The van der Waals surface area contributed by atoms with E-state index in [1.54, 1.807) is 6.08 Å². The molecule has 0 radical (unpaired) electrons. The lowest BCUT2D eigenvalue weighted by Gasteiger charge is -2.11. The lowest BCUT2D eigenvalue weighted by molar-refractivity contribution is -0.0626. The SMILES string of the molecule is C=CC1COC(CC(C)C)O1. The molecular weight excluding hydrogens is 140 g/mol. The van der Waals surface area contributed by atoms with Gasteiger partial charge in [0.25, 0.3) is 0 Å². The van der Waals surface area contributed by atoms with E-state index in [1.165, 1.54) is 0 Å². The molecule has 2 unspecified atom stereocenters. The van der Waals surface area contributed by atoms with Gasteiger partial charge in [0.1, 0.15) is 6.10 Å². The topological polar surface area (TPSA) is 18.5 Å². The fraction of sp³-hybridized carbons (Fsp3) is 0.778. The zero-order chi connectivity index (χ0) is 8.27. The van der Waals surface area contributed by atoms with E-state index in [0.717, 1.165) is 6.42 Å². The Morgan fingerprint density at radius 2 is 2.36 bits per heavy atom. The Morgan fingerprint density at radius 3 is 2.82 bits per heavy atom. The molecular formula is C9H16O2. The van der Waals surface area contributed by atoms with Gasteiger partial charge in [0.15, 0.2) is 6.29 Å². The predicted molar refractivity (Wildman–Crippen MR) is 44.3 cm³/mol. The molecule has 0 amide bonds. The summed E-state index contributed by atoms with van der Waals surface area (Å²) in [5, 5.41) is 0. The van der Waals surface area contributed by atoms with Crippen LogP contribution in [0.5, 0.6) is 0 Å². The second-order valence-electron chi connectivity index (χ2n) is 3.30. The Bertz CT molecular complexity index is 132. The fourth-order valence-corrected chi connectivity index (χ4v) is 1.11. The maximum atomic E-state index is 5.48.